The Balaban J connectivity index is 2.05. The molecule has 0 spiro atoms. The lowest BCUT2D eigenvalue weighted by Gasteiger charge is -2.35. The topological polar surface area (TPSA) is 39.3 Å². The molecule has 0 aliphatic carbocycles. The van der Waals surface area contributed by atoms with Gasteiger partial charge in [0.25, 0.3) is 0 Å². The highest BCUT2D eigenvalue weighted by Crippen LogP contribution is 2.31. The van der Waals surface area contributed by atoms with Crippen LogP contribution in [-0.2, 0) is 13.0 Å². The summed E-state index contributed by atoms with van der Waals surface area (Å²) in [6, 6.07) is 8.42. The maximum atomic E-state index is 9.62. The summed E-state index contributed by atoms with van der Waals surface area (Å²) in [6.45, 7) is 0.897. The van der Waals surface area contributed by atoms with Gasteiger partial charge in [-0.1, -0.05) is 30.4 Å². The summed E-state index contributed by atoms with van der Waals surface area (Å²) in [5.74, 6) is 0. The third kappa shape index (κ3) is 2.16. The molecule has 0 bridgehead atoms. The quantitative estimate of drug-likeness (QED) is 0.792. The summed E-state index contributed by atoms with van der Waals surface area (Å²) in [5.41, 5.74) is 3.72. The van der Waals surface area contributed by atoms with Crippen molar-refractivity contribution >= 4 is 39.2 Å². The fourth-order valence-corrected chi connectivity index (χ4v) is 3.42. The Kier molecular flexibility index (Phi) is 3.52. The number of nitrogens with one attached hydrogen (secondary N) is 1. The van der Waals surface area contributed by atoms with Crippen LogP contribution in [0.3, 0.4) is 0 Å². The molecule has 2 aromatic rings. The number of nitrogens with zero attached hydrogens (tertiary/aromatic N) is 1. The van der Waals surface area contributed by atoms with Crippen LogP contribution >= 0.6 is 24.0 Å². The number of aromatic amines is 1. The Morgan fingerprint density at radius 2 is 2.32 bits per heavy atom. The molecule has 3 nitrogen and oxygen atoms in total. The van der Waals surface area contributed by atoms with Gasteiger partial charge in [-0.25, -0.2) is 0 Å². The second-order valence-electron chi connectivity index (χ2n) is 4.77. The number of thioether (sulfide) groups is 1. The highest BCUT2D eigenvalue weighted by molar-refractivity contribution is 8.22. The fourth-order valence-electron chi connectivity index (χ4n) is 2.76. The third-order valence-electron chi connectivity index (χ3n) is 3.73. The molecule has 1 aliphatic heterocycles. The second kappa shape index (κ2) is 5.15. The molecule has 5 heteroatoms. The van der Waals surface area contributed by atoms with Gasteiger partial charge < -0.3 is 15.0 Å². The van der Waals surface area contributed by atoms with E-state index in [1.165, 1.54) is 22.2 Å². The van der Waals surface area contributed by atoms with Gasteiger partial charge in [0, 0.05) is 16.6 Å². The summed E-state index contributed by atoms with van der Waals surface area (Å²) in [7, 11) is 0. The number of aliphatic hydroxyl groups is 1. The maximum Gasteiger partial charge on any atom is 0.136 e. The molecule has 2 heterocycles. The number of thiocarbonyl (C=S) groups is 1. The number of rotatable bonds is 1. The maximum absolute atomic E-state index is 9.62. The van der Waals surface area contributed by atoms with Crippen molar-refractivity contribution in [2.24, 2.45) is 0 Å². The van der Waals surface area contributed by atoms with Crippen LogP contribution in [-0.4, -0.2) is 38.2 Å². The first-order valence-corrected chi connectivity index (χ1v) is 7.91. The molecule has 2 N–H and O–H groups in total. The number of hydrogen-bond acceptors (Lipinski definition) is 3. The Bertz CT molecular complexity index is 623. The van der Waals surface area contributed by atoms with Crippen molar-refractivity contribution in [2.75, 3.05) is 12.9 Å². The lowest BCUT2D eigenvalue weighted by atomic mass is 9.98. The van der Waals surface area contributed by atoms with Crippen molar-refractivity contribution in [2.45, 2.75) is 19.0 Å². The minimum atomic E-state index is 0.0895. The minimum Gasteiger partial charge on any atom is -0.394 e. The van der Waals surface area contributed by atoms with E-state index in [1.54, 1.807) is 11.8 Å². The van der Waals surface area contributed by atoms with Crippen LogP contribution in [0.15, 0.2) is 24.3 Å². The van der Waals surface area contributed by atoms with E-state index in [4.69, 9.17) is 12.2 Å². The first kappa shape index (κ1) is 13.0. The molecule has 0 saturated heterocycles. The molecule has 1 aliphatic rings. The lowest BCUT2D eigenvalue weighted by Crippen LogP contribution is -2.44. The van der Waals surface area contributed by atoms with Gasteiger partial charge in [0.2, 0.25) is 0 Å². The standard InChI is InChI=1S/C14H16N2OS2/c1-19-14(18)16-7-13-11(6-9(16)8-17)10-4-2-3-5-12(10)15-13/h2-5,9,15,17H,6-8H2,1H3/t9-/m0/s1. The van der Waals surface area contributed by atoms with Crippen molar-refractivity contribution in [3.05, 3.63) is 35.5 Å². The zero-order valence-corrected chi connectivity index (χ0v) is 12.4. The first-order chi connectivity index (χ1) is 9.24. The molecule has 1 atom stereocenters. The summed E-state index contributed by atoms with van der Waals surface area (Å²) >= 11 is 6.96. The highest BCUT2D eigenvalue weighted by atomic mass is 32.2. The van der Waals surface area contributed by atoms with Crippen LogP contribution in [0.1, 0.15) is 11.3 Å². The SMILES string of the molecule is CSC(=S)N1Cc2[nH]c3ccccc3c2C[C@H]1CO. The van der Waals surface area contributed by atoms with Crippen LogP contribution in [0.4, 0.5) is 0 Å². The number of hydrogen-bond donors (Lipinski definition) is 2. The zero-order chi connectivity index (χ0) is 13.4. The summed E-state index contributed by atoms with van der Waals surface area (Å²) < 4.78 is 0.850. The van der Waals surface area contributed by atoms with Crippen LogP contribution in [0.2, 0.25) is 0 Å². The van der Waals surface area contributed by atoms with E-state index in [2.05, 4.69) is 28.1 Å². The van der Waals surface area contributed by atoms with Gasteiger partial charge >= 0.3 is 0 Å². The van der Waals surface area contributed by atoms with Crippen LogP contribution in [0, 0.1) is 0 Å². The van der Waals surface area contributed by atoms with Crippen molar-refractivity contribution in [1.82, 2.24) is 9.88 Å². The molecule has 3 rings (SSSR count). The summed E-state index contributed by atoms with van der Waals surface area (Å²) in [5, 5.41) is 10.9. The van der Waals surface area contributed by atoms with Gasteiger partial charge in [-0.3, -0.25) is 0 Å². The number of fused-ring (bicyclic) bond motifs is 3. The van der Waals surface area contributed by atoms with E-state index in [0.717, 1.165) is 17.3 Å². The second-order valence-corrected chi connectivity index (χ2v) is 6.21. The van der Waals surface area contributed by atoms with Gasteiger partial charge in [-0.15, -0.1) is 11.8 Å². The number of benzene rings is 1. The molecule has 0 amide bonds. The monoisotopic (exact) mass is 292 g/mol. The average molecular weight is 292 g/mol. The van der Waals surface area contributed by atoms with E-state index < -0.39 is 0 Å². The molecular formula is C14H16N2OS2. The van der Waals surface area contributed by atoms with Gasteiger partial charge in [0.15, 0.2) is 0 Å². The van der Waals surface area contributed by atoms with Gasteiger partial charge in [0.1, 0.15) is 4.32 Å². The van der Waals surface area contributed by atoms with Crippen LogP contribution in [0.5, 0.6) is 0 Å². The van der Waals surface area contributed by atoms with Crippen LogP contribution < -0.4 is 0 Å². The number of para-hydroxylation sites is 1. The predicted octanol–water partition coefficient (Wildman–Crippen LogP) is 2.53. The molecule has 100 valence electrons. The number of aliphatic hydroxyl groups excluding tert-OH is 1. The van der Waals surface area contributed by atoms with E-state index in [0.29, 0.717) is 0 Å². The molecule has 0 fully saturated rings. The smallest absolute Gasteiger partial charge is 0.136 e. The molecular weight excluding hydrogens is 276 g/mol. The van der Waals surface area contributed by atoms with Gasteiger partial charge in [-0.2, -0.15) is 0 Å². The molecule has 0 unspecified atom stereocenters. The van der Waals surface area contributed by atoms with E-state index in [9.17, 15) is 5.11 Å². The largest absolute Gasteiger partial charge is 0.394 e. The first-order valence-electron chi connectivity index (χ1n) is 6.28. The van der Waals surface area contributed by atoms with Crippen molar-refractivity contribution in [3.63, 3.8) is 0 Å². The van der Waals surface area contributed by atoms with Crippen molar-refractivity contribution in [3.8, 4) is 0 Å². The summed E-state index contributed by atoms with van der Waals surface area (Å²) in [4.78, 5) is 5.60. The van der Waals surface area contributed by atoms with Crippen LogP contribution in [0.25, 0.3) is 10.9 Å². The molecule has 19 heavy (non-hydrogen) atoms. The Morgan fingerprint density at radius 3 is 3.05 bits per heavy atom. The molecule has 1 aromatic heterocycles. The molecule has 0 saturated carbocycles. The van der Waals surface area contributed by atoms with E-state index >= 15 is 0 Å². The Hall–Kier alpha value is -1.04. The third-order valence-corrected chi connectivity index (χ3v) is 5.05. The van der Waals surface area contributed by atoms with E-state index in [1.807, 2.05) is 12.3 Å². The van der Waals surface area contributed by atoms with E-state index in [-0.39, 0.29) is 12.6 Å². The van der Waals surface area contributed by atoms with Crippen molar-refractivity contribution in [1.29, 1.82) is 0 Å². The predicted molar refractivity (Wildman–Crippen MR) is 84.5 cm³/mol. The van der Waals surface area contributed by atoms with Gasteiger partial charge in [0.05, 0.1) is 19.2 Å². The van der Waals surface area contributed by atoms with Gasteiger partial charge in [-0.05, 0) is 24.3 Å². The molecule has 1 aromatic carbocycles. The zero-order valence-electron chi connectivity index (χ0n) is 10.7. The minimum absolute atomic E-state index is 0.0895. The molecule has 0 radical (unpaired) electrons. The Morgan fingerprint density at radius 1 is 1.53 bits per heavy atom. The Labute approximate surface area is 122 Å². The summed E-state index contributed by atoms with van der Waals surface area (Å²) in [6.07, 6.45) is 2.83. The normalized spacial score (nSPS) is 18.6. The average Bonchev–Trinajstić information content (AvgIpc) is 2.82. The number of aromatic nitrogens is 1. The highest BCUT2D eigenvalue weighted by Gasteiger charge is 2.29. The van der Waals surface area contributed by atoms with Crippen molar-refractivity contribution < 1.29 is 5.11 Å². The number of H-pyrrole nitrogens is 1. The lowest BCUT2D eigenvalue weighted by molar-refractivity contribution is 0.169. The fraction of sp³-hybridized carbons (Fsp3) is 0.357.